The number of thioether (sulfide) groups is 1. The number of halogens is 1. The minimum atomic E-state index is -0.467. The van der Waals surface area contributed by atoms with Crippen LogP contribution in [0.3, 0.4) is 0 Å². The molecule has 1 heterocycles. The largest absolute Gasteiger partial charge is 0.496 e. The van der Waals surface area contributed by atoms with Crippen molar-refractivity contribution in [2.75, 3.05) is 7.11 Å². The van der Waals surface area contributed by atoms with Gasteiger partial charge in [0.2, 0.25) is 5.88 Å². The quantitative estimate of drug-likeness (QED) is 0.719. The molecule has 0 amide bonds. The number of rotatable bonds is 4. The van der Waals surface area contributed by atoms with Gasteiger partial charge in [0.25, 0.3) is 0 Å². The molecule has 0 fully saturated rings. The van der Waals surface area contributed by atoms with E-state index in [9.17, 15) is 14.8 Å². The molecule has 3 aromatic rings. The molecule has 0 spiro atoms. The van der Waals surface area contributed by atoms with Crippen LogP contribution in [0.4, 0.5) is 4.39 Å². The van der Waals surface area contributed by atoms with Crippen LogP contribution in [0.25, 0.3) is 10.8 Å². The van der Waals surface area contributed by atoms with Crippen molar-refractivity contribution in [1.82, 2.24) is 4.98 Å². The number of fused-ring (bicyclic) bond motifs is 1. The van der Waals surface area contributed by atoms with Crippen molar-refractivity contribution in [1.29, 1.82) is 5.26 Å². The number of aromatic hydroxyl groups is 1. The third-order valence-electron chi connectivity index (χ3n) is 3.58. The molecule has 120 valence electrons. The summed E-state index contributed by atoms with van der Waals surface area (Å²) in [6, 6.07) is 13.6. The molecule has 1 aromatic heterocycles. The third-order valence-corrected chi connectivity index (χ3v) is 4.62. The van der Waals surface area contributed by atoms with Crippen molar-refractivity contribution in [3.8, 4) is 17.7 Å². The fraction of sp³-hybridized carbons (Fsp3) is 0.111. The zero-order chi connectivity index (χ0) is 17.1. The molecule has 0 aliphatic heterocycles. The summed E-state index contributed by atoms with van der Waals surface area (Å²) in [5, 5.41) is 20.7. The van der Waals surface area contributed by atoms with Crippen molar-refractivity contribution in [3.05, 3.63) is 59.4 Å². The summed E-state index contributed by atoms with van der Waals surface area (Å²) in [5.41, 5.74) is 0.956. The van der Waals surface area contributed by atoms with E-state index in [2.05, 4.69) is 4.98 Å². The first-order valence-electron chi connectivity index (χ1n) is 7.11. The molecule has 3 rings (SSSR count). The molecular formula is C18H13FN2O2S. The zero-order valence-electron chi connectivity index (χ0n) is 12.8. The Morgan fingerprint density at radius 2 is 2.04 bits per heavy atom. The number of benzene rings is 2. The standard InChI is InChI=1S/C18H13FN2O2S/c1-23-16-5-3-2-4-11(16)10-24-18-13-7-6-12(19)8-14(13)15(9-20)17(22)21-18/h2-8H,10H2,1H3,(H,21,22). The van der Waals surface area contributed by atoms with Crippen LogP contribution in [0.15, 0.2) is 47.5 Å². The van der Waals surface area contributed by atoms with Crippen LogP contribution >= 0.6 is 11.8 Å². The second kappa shape index (κ2) is 6.77. The highest BCUT2D eigenvalue weighted by Gasteiger charge is 2.15. The average molecular weight is 340 g/mol. The summed E-state index contributed by atoms with van der Waals surface area (Å²) in [6.07, 6.45) is 0. The van der Waals surface area contributed by atoms with E-state index in [1.807, 2.05) is 30.3 Å². The highest BCUT2D eigenvalue weighted by Crippen LogP contribution is 2.35. The van der Waals surface area contributed by atoms with Crippen LogP contribution in [-0.4, -0.2) is 17.2 Å². The summed E-state index contributed by atoms with van der Waals surface area (Å²) in [4.78, 5) is 4.11. The van der Waals surface area contributed by atoms with Gasteiger partial charge < -0.3 is 9.84 Å². The summed E-state index contributed by atoms with van der Waals surface area (Å²) in [7, 11) is 1.60. The number of para-hydroxylation sites is 1. The molecule has 0 saturated heterocycles. The molecule has 0 aliphatic carbocycles. The van der Waals surface area contributed by atoms with E-state index in [1.165, 1.54) is 23.9 Å². The third kappa shape index (κ3) is 2.99. The highest BCUT2D eigenvalue weighted by molar-refractivity contribution is 7.98. The maximum Gasteiger partial charge on any atom is 0.230 e. The van der Waals surface area contributed by atoms with Gasteiger partial charge in [0, 0.05) is 22.1 Å². The fourth-order valence-corrected chi connectivity index (χ4v) is 3.45. The Kier molecular flexibility index (Phi) is 4.54. The lowest BCUT2D eigenvalue weighted by atomic mass is 10.1. The first-order valence-corrected chi connectivity index (χ1v) is 8.09. The normalized spacial score (nSPS) is 10.5. The van der Waals surface area contributed by atoms with E-state index in [4.69, 9.17) is 4.74 Å². The van der Waals surface area contributed by atoms with Crippen molar-refractivity contribution in [2.45, 2.75) is 10.8 Å². The van der Waals surface area contributed by atoms with Gasteiger partial charge in [-0.2, -0.15) is 5.26 Å². The number of nitrogens with zero attached hydrogens (tertiary/aromatic N) is 2. The molecule has 1 N–H and O–H groups in total. The minimum absolute atomic E-state index is 0.0221. The number of methoxy groups -OCH3 is 1. The Morgan fingerprint density at radius 3 is 2.79 bits per heavy atom. The van der Waals surface area contributed by atoms with E-state index in [-0.39, 0.29) is 5.56 Å². The molecule has 4 nitrogen and oxygen atoms in total. The molecular weight excluding hydrogens is 327 g/mol. The molecule has 0 bridgehead atoms. The summed E-state index contributed by atoms with van der Waals surface area (Å²) < 4.78 is 18.9. The van der Waals surface area contributed by atoms with Crippen LogP contribution in [0, 0.1) is 17.1 Å². The number of hydrogen-bond donors (Lipinski definition) is 1. The van der Waals surface area contributed by atoms with Gasteiger partial charge in [0.15, 0.2) is 0 Å². The number of pyridine rings is 1. The number of nitriles is 1. The van der Waals surface area contributed by atoms with Crippen molar-refractivity contribution < 1.29 is 14.2 Å². The second-order valence-corrected chi connectivity index (χ2v) is 5.98. The molecule has 0 atom stereocenters. The lowest BCUT2D eigenvalue weighted by molar-refractivity contribution is 0.411. The topological polar surface area (TPSA) is 66.1 Å². The van der Waals surface area contributed by atoms with E-state index in [0.717, 1.165) is 11.3 Å². The monoisotopic (exact) mass is 340 g/mol. The first-order chi connectivity index (χ1) is 11.6. The Balaban J connectivity index is 2.03. The Hall–Kier alpha value is -2.78. The summed E-state index contributed by atoms with van der Waals surface area (Å²) in [5.74, 6) is 0.469. The van der Waals surface area contributed by atoms with Crippen molar-refractivity contribution >= 4 is 22.5 Å². The first kappa shape index (κ1) is 16.1. The molecule has 0 radical (unpaired) electrons. The van der Waals surface area contributed by atoms with E-state index in [0.29, 0.717) is 21.6 Å². The Bertz CT molecular complexity index is 954. The summed E-state index contributed by atoms with van der Waals surface area (Å²) >= 11 is 1.39. The lowest BCUT2D eigenvalue weighted by Gasteiger charge is -2.10. The van der Waals surface area contributed by atoms with Gasteiger partial charge in [-0.15, -0.1) is 11.8 Å². The van der Waals surface area contributed by atoms with E-state index in [1.54, 1.807) is 13.2 Å². The molecule has 24 heavy (non-hydrogen) atoms. The maximum absolute atomic E-state index is 13.5. The van der Waals surface area contributed by atoms with Gasteiger partial charge in [-0.3, -0.25) is 0 Å². The predicted octanol–water partition coefficient (Wildman–Crippen LogP) is 4.25. The molecule has 0 aliphatic rings. The smallest absolute Gasteiger partial charge is 0.230 e. The molecule has 6 heteroatoms. The second-order valence-electron chi connectivity index (χ2n) is 5.02. The van der Waals surface area contributed by atoms with Gasteiger partial charge in [-0.25, -0.2) is 9.37 Å². The van der Waals surface area contributed by atoms with E-state index < -0.39 is 11.7 Å². The maximum atomic E-state index is 13.5. The number of hydrogen-bond acceptors (Lipinski definition) is 5. The number of aromatic nitrogens is 1. The van der Waals surface area contributed by atoms with Gasteiger partial charge >= 0.3 is 0 Å². The molecule has 0 unspecified atom stereocenters. The SMILES string of the molecule is COc1ccccc1CSc1nc(O)c(C#N)c2cc(F)ccc12. The average Bonchev–Trinajstić information content (AvgIpc) is 2.59. The molecule has 2 aromatic carbocycles. The van der Waals surface area contributed by atoms with Crippen molar-refractivity contribution in [3.63, 3.8) is 0 Å². The van der Waals surface area contributed by atoms with Crippen LogP contribution in [0.5, 0.6) is 11.6 Å². The van der Waals surface area contributed by atoms with Crippen LogP contribution in [0.1, 0.15) is 11.1 Å². The van der Waals surface area contributed by atoms with Gasteiger partial charge in [0.05, 0.1) is 7.11 Å². The van der Waals surface area contributed by atoms with Crippen molar-refractivity contribution in [2.24, 2.45) is 0 Å². The van der Waals surface area contributed by atoms with Gasteiger partial charge in [-0.1, -0.05) is 18.2 Å². The fourth-order valence-electron chi connectivity index (χ4n) is 2.43. The Labute approximate surface area is 142 Å². The van der Waals surface area contributed by atoms with Gasteiger partial charge in [-0.05, 0) is 24.3 Å². The zero-order valence-corrected chi connectivity index (χ0v) is 13.6. The van der Waals surface area contributed by atoms with Crippen LogP contribution in [-0.2, 0) is 5.75 Å². The predicted molar refractivity (Wildman–Crippen MR) is 90.6 cm³/mol. The molecule has 0 saturated carbocycles. The Morgan fingerprint density at radius 1 is 1.25 bits per heavy atom. The number of ether oxygens (including phenoxy) is 1. The van der Waals surface area contributed by atoms with Gasteiger partial charge in [0.1, 0.15) is 28.2 Å². The van der Waals surface area contributed by atoms with Crippen LogP contribution < -0.4 is 4.74 Å². The van der Waals surface area contributed by atoms with E-state index >= 15 is 0 Å². The highest BCUT2D eigenvalue weighted by atomic mass is 32.2. The van der Waals surface area contributed by atoms with Crippen LogP contribution in [0.2, 0.25) is 0 Å². The lowest BCUT2D eigenvalue weighted by Crippen LogP contribution is -1.93. The minimum Gasteiger partial charge on any atom is -0.496 e. The summed E-state index contributed by atoms with van der Waals surface area (Å²) in [6.45, 7) is 0.